The van der Waals surface area contributed by atoms with Crippen LogP contribution in [0.5, 0.6) is 0 Å². The molecule has 0 radical (unpaired) electrons. The van der Waals surface area contributed by atoms with Gasteiger partial charge in [0.25, 0.3) is 5.91 Å². The summed E-state index contributed by atoms with van der Waals surface area (Å²) < 4.78 is 0. The molecule has 2 N–H and O–H groups in total. The minimum Gasteiger partial charge on any atom is -0.355 e. The zero-order valence-corrected chi connectivity index (χ0v) is 16.1. The van der Waals surface area contributed by atoms with Crippen LogP contribution in [0.2, 0.25) is 0 Å². The van der Waals surface area contributed by atoms with Crippen LogP contribution in [-0.4, -0.2) is 24.1 Å². The Bertz CT molecular complexity index is 921. The molecule has 144 valence electrons. The highest BCUT2D eigenvalue weighted by Crippen LogP contribution is 2.29. The first-order chi connectivity index (χ1) is 13.6. The van der Waals surface area contributed by atoms with E-state index >= 15 is 0 Å². The zero-order valence-electron chi connectivity index (χ0n) is 16.1. The molecule has 1 aliphatic carbocycles. The number of carbonyl (C=O) groups excluding carboxylic acids is 2. The summed E-state index contributed by atoms with van der Waals surface area (Å²) >= 11 is 0. The number of hydrogen-bond donors (Lipinski definition) is 2. The molecule has 28 heavy (non-hydrogen) atoms. The van der Waals surface area contributed by atoms with Crippen LogP contribution in [0.15, 0.2) is 53.6 Å². The van der Waals surface area contributed by atoms with Gasteiger partial charge in [-0.15, -0.1) is 0 Å². The molecule has 1 aliphatic heterocycles. The van der Waals surface area contributed by atoms with Crippen molar-refractivity contribution in [3.05, 3.63) is 70.8 Å². The molecule has 2 aliphatic rings. The van der Waals surface area contributed by atoms with Gasteiger partial charge in [-0.3, -0.25) is 9.59 Å². The van der Waals surface area contributed by atoms with Crippen LogP contribution >= 0.6 is 0 Å². The first-order valence-corrected chi connectivity index (χ1v) is 9.92. The minimum absolute atomic E-state index is 0.173. The maximum absolute atomic E-state index is 12.7. The summed E-state index contributed by atoms with van der Waals surface area (Å²) in [6.45, 7) is 2.35. The minimum atomic E-state index is -0.762. The lowest BCUT2D eigenvalue weighted by Gasteiger charge is -2.17. The normalized spacial score (nSPS) is 21.8. The van der Waals surface area contributed by atoms with E-state index in [0.717, 1.165) is 29.7 Å². The number of carbonyl (C=O) groups is 2. The van der Waals surface area contributed by atoms with Crippen LogP contribution in [0.3, 0.4) is 0 Å². The second-order valence-electron chi connectivity index (χ2n) is 7.60. The Morgan fingerprint density at radius 1 is 1.07 bits per heavy atom. The molecule has 0 bridgehead atoms. The monoisotopic (exact) mass is 375 g/mol. The van der Waals surface area contributed by atoms with Crippen LogP contribution in [-0.2, 0) is 22.4 Å². The largest absolute Gasteiger partial charge is 0.355 e. The SMILES string of the molecule is C/C(=N/NC(=O)C1C(=O)NCC1c1ccccc1)c1ccc2c(c1)CCCC2. The van der Waals surface area contributed by atoms with Crippen molar-refractivity contribution in [2.45, 2.75) is 38.5 Å². The number of aryl methyl sites for hydroxylation is 2. The van der Waals surface area contributed by atoms with Crippen molar-refractivity contribution in [1.29, 1.82) is 0 Å². The average Bonchev–Trinajstić information content (AvgIpc) is 3.13. The number of nitrogens with one attached hydrogen (secondary N) is 2. The van der Waals surface area contributed by atoms with Gasteiger partial charge in [-0.1, -0.05) is 42.5 Å². The van der Waals surface area contributed by atoms with E-state index in [4.69, 9.17) is 0 Å². The molecule has 4 rings (SSSR count). The lowest BCUT2D eigenvalue weighted by atomic mass is 9.88. The Morgan fingerprint density at radius 3 is 2.61 bits per heavy atom. The molecule has 2 amide bonds. The van der Waals surface area contributed by atoms with Crippen LogP contribution < -0.4 is 10.7 Å². The lowest BCUT2D eigenvalue weighted by molar-refractivity contribution is -0.133. The third-order valence-electron chi connectivity index (χ3n) is 5.79. The van der Waals surface area contributed by atoms with Crippen molar-refractivity contribution < 1.29 is 9.59 Å². The topological polar surface area (TPSA) is 70.6 Å². The van der Waals surface area contributed by atoms with Crippen molar-refractivity contribution in [2.75, 3.05) is 6.54 Å². The van der Waals surface area contributed by atoms with Crippen LogP contribution in [0, 0.1) is 5.92 Å². The number of amides is 2. The van der Waals surface area contributed by atoms with E-state index in [2.05, 4.69) is 34.0 Å². The highest BCUT2D eigenvalue weighted by atomic mass is 16.2. The summed E-state index contributed by atoms with van der Waals surface area (Å²) in [4.78, 5) is 25.0. The summed E-state index contributed by atoms with van der Waals surface area (Å²) in [5, 5.41) is 7.09. The first kappa shape index (κ1) is 18.4. The summed E-state index contributed by atoms with van der Waals surface area (Å²) in [5.41, 5.74) is 8.16. The summed E-state index contributed by atoms with van der Waals surface area (Å²) in [5.74, 6) is -1.54. The van der Waals surface area contributed by atoms with Gasteiger partial charge in [0.15, 0.2) is 0 Å². The summed E-state index contributed by atoms with van der Waals surface area (Å²) in [7, 11) is 0. The average molecular weight is 375 g/mol. The molecular formula is C23H25N3O2. The van der Waals surface area contributed by atoms with Gasteiger partial charge in [0.05, 0.1) is 5.71 Å². The zero-order chi connectivity index (χ0) is 19.5. The first-order valence-electron chi connectivity index (χ1n) is 9.92. The number of rotatable bonds is 4. The van der Waals surface area contributed by atoms with E-state index in [1.54, 1.807) is 0 Å². The third-order valence-corrected chi connectivity index (χ3v) is 5.79. The molecule has 2 unspecified atom stereocenters. The molecule has 0 spiro atoms. The number of fused-ring (bicyclic) bond motifs is 1. The highest BCUT2D eigenvalue weighted by molar-refractivity contribution is 6.04. The van der Waals surface area contributed by atoms with E-state index < -0.39 is 5.92 Å². The lowest BCUT2D eigenvalue weighted by Crippen LogP contribution is -2.35. The van der Waals surface area contributed by atoms with E-state index in [-0.39, 0.29) is 17.7 Å². The number of benzene rings is 2. The molecular weight excluding hydrogens is 350 g/mol. The Hall–Kier alpha value is -2.95. The van der Waals surface area contributed by atoms with E-state index in [0.29, 0.717) is 6.54 Å². The smallest absolute Gasteiger partial charge is 0.253 e. The molecule has 2 aromatic carbocycles. The van der Waals surface area contributed by atoms with E-state index in [1.165, 1.54) is 24.0 Å². The van der Waals surface area contributed by atoms with Crippen LogP contribution in [0.1, 0.15) is 47.9 Å². The van der Waals surface area contributed by atoms with Gasteiger partial charge in [-0.05, 0) is 60.9 Å². The molecule has 1 saturated heterocycles. The number of nitrogens with zero attached hydrogens (tertiary/aromatic N) is 1. The van der Waals surface area contributed by atoms with Gasteiger partial charge in [0, 0.05) is 12.5 Å². The Morgan fingerprint density at radius 2 is 1.82 bits per heavy atom. The van der Waals surface area contributed by atoms with Gasteiger partial charge in [-0.2, -0.15) is 5.10 Å². The Kier molecular flexibility index (Phi) is 5.24. The van der Waals surface area contributed by atoms with Crippen LogP contribution in [0.25, 0.3) is 0 Å². The van der Waals surface area contributed by atoms with E-state index in [9.17, 15) is 9.59 Å². The van der Waals surface area contributed by atoms with Crippen molar-refractivity contribution >= 4 is 17.5 Å². The molecule has 1 heterocycles. The van der Waals surface area contributed by atoms with Gasteiger partial charge in [0.2, 0.25) is 5.91 Å². The Labute approximate surface area is 165 Å². The fraction of sp³-hybridized carbons (Fsp3) is 0.348. The second-order valence-corrected chi connectivity index (χ2v) is 7.60. The molecule has 2 aromatic rings. The fourth-order valence-corrected chi connectivity index (χ4v) is 4.16. The molecule has 1 fully saturated rings. The quantitative estimate of drug-likeness (QED) is 0.490. The van der Waals surface area contributed by atoms with Crippen molar-refractivity contribution in [3.63, 3.8) is 0 Å². The van der Waals surface area contributed by atoms with Gasteiger partial charge >= 0.3 is 0 Å². The van der Waals surface area contributed by atoms with Crippen molar-refractivity contribution in [2.24, 2.45) is 11.0 Å². The maximum atomic E-state index is 12.7. The Balaban J connectivity index is 1.48. The number of hydrazone groups is 1. The van der Waals surface area contributed by atoms with Crippen LogP contribution in [0.4, 0.5) is 0 Å². The predicted molar refractivity (Wildman–Crippen MR) is 109 cm³/mol. The summed E-state index contributed by atoms with van der Waals surface area (Å²) in [6.07, 6.45) is 4.71. The molecule has 5 heteroatoms. The second kappa shape index (κ2) is 7.97. The molecule has 2 atom stereocenters. The van der Waals surface area contributed by atoms with E-state index in [1.807, 2.05) is 37.3 Å². The molecule has 5 nitrogen and oxygen atoms in total. The maximum Gasteiger partial charge on any atom is 0.253 e. The van der Waals surface area contributed by atoms with Gasteiger partial charge in [-0.25, -0.2) is 5.43 Å². The standard InChI is InChI=1S/C23H25N3O2/c1-15(18-12-11-16-7-5-6-10-19(16)13-18)25-26-23(28)21-20(14-24-22(21)27)17-8-3-2-4-9-17/h2-4,8-9,11-13,20-21H,5-7,10,14H2,1H3,(H,24,27)(H,26,28)/b25-15-. The fourth-order valence-electron chi connectivity index (χ4n) is 4.16. The van der Waals surface area contributed by atoms with Crippen molar-refractivity contribution in [1.82, 2.24) is 10.7 Å². The summed E-state index contributed by atoms with van der Waals surface area (Å²) in [6, 6.07) is 16.1. The highest BCUT2D eigenvalue weighted by Gasteiger charge is 2.41. The predicted octanol–water partition coefficient (Wildman–Crippen LogP) is 2.94. The third kappa shape index (κ3) is 3.70. The van der Waals surface area contributed by atoms with Crippen molar-refractivity contribution in [3.8, 4) is 0 Å². The van der Waals surface area contributed by atoms with Gasteiger partial charge < -0.3 is 5.32 Å². The number of hydrogen-bond acceptors (Lipinski definition) is 3. The molecule has 0 saturated carbocycles. The molecule has 0 aromatic heterocycles. The van der Waals surface area contributed by atoms with Gasteiger partial charge in [0.1, 0.15) is 5.92 Å².